The third kappa shape index (κ3) is 3.73. The van der Waals surface area contributed by atoms with Crippen molar-refractivity contribution in [1.82, 2.24) is 0 Å². The average molecular weight is 297 g/mol. The molecule has 2 rings (SSSR count). The summed E-state index contributed by atoms with van der Waals surface area (Å²) in [6.45, 7) is 6.13. The monoisotopic (exact) mass is 297 g/mol. The van der Waals surface area contributed by atoms with Crippen LogP contribution in [0.15, 0.2) is 23.1 Å². The number of benzene rings is 1. The zero-order valence-electron chi connectivity index (χ0n) is 12.5. The Morgan fingerprint density at radius 3 is 2.35 bits per heavy atom. The molecule has 20 heavy (non-hydrogen) atoms. The van der Waals surface area contributed by atoms with Crippen molar-refractivity contribution in [2.75, 3.05) is 11.6 Å². The molecule has 0 aromatic heterocycles. The lowest BCUT2D eigenvalue weighted by Gasteiger charge is -2.33. The molecule has 1 heterocycles. The van der Waals surface area contributed by atoms with Crippen LogP contribution >= 0.6 is 0 Å². The van der Waals surface area contributed by atoms with Crippen molar-refractivity contribution in [1.29, 1.82) is 0 Å². The minimum Gasteiger partial charge on any atom is -0.382 e. The first kappa shape index (κ1) is 15.3. The van der Waals surface area contributed by atoms with E-state index < -0.39 is 9.84 Å². The summed E-state index contributed by atoms with van der Waals surface area (Å²) in [4.78, 5) is 0.360. The first-order valence-electron chi connectivity index (χ1n) is 6.98. The summed E-state index contributed by atoms with van der Waals surface area (Å²) in [7, 11) is -3.17. The van der Waals surface area contributed by atoms with Gasteiger partial charge in [-0.25, -0.2) is 8.42 Å². The standard InChI is InChI=1S/C15H23NO3S/c1-10-5-6-14(20(4,17)18)9-15(10)16-13-7-11(2)19-12(3)8-13/h5-6,9,11-13,16H,7-8H2,1-4H3. The van der Waals surface area contributed by atoms with Gasteiger partial charge >= 0.3 is 0 Å². The lowest BCUT2D eigenvalue weighted by Crippen LogP contribution is -2.37. The van der Waals surface area contributed by atoms with Gasteiger partial charge in [0.1, 0.15) is 0 Å². The highest BCUT2D eigenvalue weighted by molar-refractivity contribution is 7.90. The summed E-state index contributed by atoms with van der Waals surface area (Å²) < 4.78 is 29.0. The Bertz CT molecular complexity index is 573. The summed E-state index contributed by atoms with van der Waals surface area (Å²) in [5, 5.41) is 3.48. The smallest absolute Gasteiger partial charge is 0.175 e. The van der Waals surface area contributed by atoms with Gasteiger partial charge in [0.25, 0.3) is 0 Å². The number of ether oxygens (including phenoxy) is 1. The van der Waals surface area contributed by atoms with Crippen LogP contribution in [-0.4, -0.2) is 32.9 Å². The summed E-state index contributed by atoms with van der Waals surface area (Å²) in [6, 6.07) is 5.56. The second-order valence-corrected chi connectivity index (χ2v) is 7.83. The van der Waals surface area contributed by atoms with E-state index in [0.717, 1.165) is 24.1 Å². The van der Waals surface area contributed by atoms with Gasteiger partial charge in [0, 0.05) is 18.0 Å². The quantitative estimate of drug-likeness (QED) is 0.932. The molecule has 1 N–H and O–H groups in total. The van der Waals surface area contributed by atoms with Crippen molar-refractivity contribution < 1.29 is 13.2 Å². The molecule has 0 amide bonds. The molecule has 4 nitrogen and oxygen atoms in total. The molecule has 1 fully saturated rings. The van der Waals surface area contributed by atoms with Crippen molar-refractivity contribution in [3.05, 3.63) is 23.8 Å². The first-order valence-corrected chi connectivity index (χ1v) is 8.87. The van der Waals surface area contributed by atoms with E-state index in [4.69, 9.17) is 4.74 Å². The number of hydrogen-bond donors (Lipinski definition) is 1. The number of sulfone groups is 1. The molecule has 5 heteroatoms. The SMILES string of the molecule is Cc1ccc(S(C)(=O)=O)cc1NC1CC(C)OC(C)C1. The zero-order chi connectivity index (χ0) is 14.9. The molecule has 112 valence electrons. The molecule has 1 aliphatic heterocycles. The number of aryl methyl sites for hydroxylation is 1. The van der Waals surface area contributed by atoms with Crippen molar-refractivity contribution in [2.45, 2.75) is 56.8 Å². The highest BCUT2D eigenvalue weighted by atomic mass is 32.2. The highest BCUT2D eigenvalue weighted by Crippen LogP contribution is 2.26. The maximum atomic E-state index is 11.6. The zero-order valence-corrected chi connectivity index (χ0v) is 13.3. The van der Waals surface area contributed by atoms with E-state index in [0.29, 0.717) is 10.9 Å². The largest absolute Gasteiger partial charge is 0.382 e. The summed E-state index contributed by atoms with van der Waals surface area (Å²) in [5.41, 5.74) is 1.96. The predicted octanol–water partition coefficient (Wildman–Crippen LogP) is 2.77. The lowest BCUT2D eigenvalue weighted by molar-refractivity contribution is -0.0337. The second kappa shape index (κ2) is 5.74. The minimum absolute atomic E-state index is 0.231. The van der Waals surface area contributed by atoms with E-state index in [1.807, 2.05) is 13.0 Å². The van der Waals surface area contributed by atoms with E-state index in [-0.39, 0.29) is 12.2 Å². The van der Waals surface area contributed by atoms with Crippen LogP contribution in [0.3, 0.4) is 0 Å². The van der Waals surface area contributed by atoms with Crippen LogP contribution < -0.4 is 5.32 Å². The third-order valence-electron chi connectivity index (χ3n) is 3.69. The lowest BCUT2D eigenvalue weighted by atomic mass is 9.99. The van der Waals surface area contributed by atoms with Gasteiger partial charge in [-0.1, -0.05) is 6.07 Å². The maximum absolute atomic E-state index is 11.6. The fourth-order valence-corrected chi connectivity index (χ4v) is 3.38. The summed E-state index contributed by atoms with van der Waals surface area (Å²) in [5.74, 6) is 0. The second-order valence-electron chi connectivity index (χ2n) is 5.82. The van der Waals surface area contributed by atoms with Crippen LogP contribution in [0.1, 0.15) is 32.3 Å². The van der Waals surface area contributed by atoms with Crippen LogP contribution in [0.2, 0.25) is 0 Å². The Balaban J connectivity index is 2.20. The third-order valence-corrected chi connectivity index (χ3v) is 4.80. The molecular formula is C15H23NO3S. The van der Waals surface area contributed by atoms with E-state index in [1.165, 1.54) is 6.26 Å². The van der Waals surface area contributed by atoms with Crippen molar-refractivity contribution >= 4 is 15.5 Å². The molecule has 1 saturated heterocycles. The van der Waals surface area contributed by atoms with Crippen molar-refractivity contribution in [2.24, 2.45) is 0 Å². The normalized spacial score (nSPS) is 27.3. The van der Waals surface area contributed by atoms with Gasteiger partial charge in [-0.2, -0.15) is 0 Å². The van der Waals surface area contributed by atoms with Crippen LogP contribution in [0.5, 0.6) is 0 Å². The fourth-order valence-electron chi connectivity index (χ4n) is 2.73. The van der Waals surface area contributed by atoms with Gasteiger partial charge in [-0.3, -0.25) is 0 Å². The molecule has 1 aromatic rings. The Hall–Kier alpha value is -1.07. The van der Waals surface area contributed by atoms with Gasteiger partial charge in [-0.05, 0) is 51.3 Å². The molecule has 2 unspecified atom stereocenters. The molecule has 1 aromatic carbocycles. The van der Waals surface area contributed by atoms with Crippen molar-refractivity contribution in [3.8, 4) is 0 Å². The summed E-state index contributed by atoms with van der Waals surface area (Å²) >= 11 is 0. The molecule has 2 atom stereocenters. The Morgan fingerprint density at radius 1 is 1.20 bits per heavy atom. The molecule has 0 radical (unpaired) electrons. The van der Waals surface area contributed by atoms with E-state index in [1.54, 1.807) is 12.1 Å². The van der Waals surface area contributed by atoms with Gasteiger partial charge in [0.05, 0.1) is 17.1 Å². The highest BCUT2D eigenvalue weighted by Gasteiger charge is 2.24. The van der Waals surface area contributed by atoms with E-state index >= 15 is 0 Å². The predicted molar refractivity (Wildman–Crippen MR) is 80.9 cm³/mol. The summed E-state index contributed by atoms with van der Waals surface area (Å²) in [6.07, 6.45) is 3.57. The fraction of sp³-hybridized carbons (Fsp3) is 0.600. The number of hydrogen-bond acceptors (Lipinski definition) is 4. The molecule has 0 spiro atoms. The number of rotatable bonds is 3. The van der Waals surface area contributed by atoms with Gasteiger partial charge in [-0.15, -0.1) is 0 Å². The van der Waals surface area contributed by atoms with E-state index in [9.17, 15) is 8.42 Å². The molecule has 0 saturated carbocycles. The topological polar surface area (TPSA) is 55.4 Å². The first-order chi connectivity index (χ1) is 9.25. The van der Waals surface area contributed by atoms with Crippen LogP contribution in [0.25, 0.3) is 0 Å². The van der Waals surface area contributed by atoms with Crippen LogP contribution in [0, 0.1) is 6.92 Å². The van der Waals surface area contributed by atoms with Crippen LogP contribution in [0.4, 0.5) is 5.69 Å². The Labute approximate surface area is 121 Å². The Morgan fingerprint density at radius 2 is 1.80 bits per heavy atom. The van der Waals surface area contributed by atoms with Crippen LogP contribution in [-0.2, 0) is 14.6 Å². The molecule has 0 bridgehead atoms. The van der Waals surface area contributed by atoms with Crippen molar-refractivity contribution in [3.63, 3.8) is 0 Å². The van der Waals surface area contributed by atoms with Gasteiger partial charge < -0.3 is 10.1 Å². The van der Waals surface area contributed by atoms with E-state index in [2.05, 4.69) is 19.2 Å². The maximum Gasteiger partial charge on any atom is 0.175 e. The number of anilines is 1. The number of nitrogens with one attached hydrogen (secondary N) is 1. The van der Waals surface area contributed by atoms with Gasteiger partial charge in [0.2, 0.25) is 0 Å². The minimum atomic E-state index is -3.17. The molecular weight excluding hydrogens is 274 g/mol. The molecule has 1 aliphatic rings. The Kier molecular flexibility index (Phi) is 4.39. The average Bonchev–Trinajstić information content (AvgIpc) is 2.29. The molecule has 0 aliphatic carbocycles. The van der Waals surface area contributed by atoms with Gasteiger partial charge in [0.15, 0.2) is 9.84 Å².